The number of nitrogens with one attached hydrogen (secondary N) is 1. The Hall–Kier alpha value is -1.95. The molecule has 27 heavy (non-hydrogen) atoms. The van der Waals surface area contributed by atoms with Gasteiger partial charge in [-0.15, -0.1) is 0 Å². The van der Waals surface area contributed by atoms with Crippen LogP contribution in [0.1, 0.15) is 10.4 Å². The molecule has 5 nitrogen and oxygen atoms in total. The number of methoxy groups -OCH3 is 1. The lowest BCUT2D eigenvalue weighted by Gasteiger charge is -2.36. The number of hydrogen-bond acceptors (Lipinski definition) is 4. The monoisotopic (exact) mass is 407 g/mol. The number of carbonyl (C=O) groups is 1. The van der Waals surface area contributed by atoms with Crippen LogP contribution in [0.15, 0.2) is 42.5 Å². The van der Waals surface area contributed by atoms with Crippen LogP contribution in [-0.4, -0.2) is 57.2 Å². The Labute approximate surface area is 169 Å². The average Bonchev–Trinajstić information content (AvgIpc) is 2.70. The van der Waals surface area contributed by atoms with Crippen molar-refractivity contribution in [1.29, 1.82) is 0 Å². The lowest BCUT2D eigenvalue weighted by Crippen LogP contribution is -2.48. The normalized spacial score (nSPS) is 14.9. The van der Waals surface area contributed by atoms with Crippen molar-refractivity contribution in [2.45, 2.75) is 0 Å². The molecule has 1 amide bonds. The summed E-state index contributed by atoms with van der Waals surface area (Å²) in [5.74, 6) is 0.737. The van der Waals surface area contributed by atoms with Crippen LogP contribution in [-0.2, 0) is 0 Å². The first kappa shape index (κ1) is 19.8. The van der Waals surface area contributed by atoms with Gasteiger partial charge in [-0.25, -0.2) is 0 Å². The van der Waals surface area contributed by atoms with Gasteiger partial charge in [-0.2, -0.15) is 0 Å². The summed E-state index contributed by atoms with van der Waals surface area (Å²) in [6, 6.07) is 13.1. The Morgan fingerprint density at radius 2 is 1.74 bits per heavy atom. The molecule has 0 aliphatic carbocycles. The van der Waals surface area contributed by atoms with Crippen LogP contribution in [0.25, 0.3) is 0 Å². The number of amides is 1. The van der Waals surface area contributed by atoms with E-state index in [9.17, 15) is 4.79 Å². The molecule has 1 heterocycles. The van der Waals surface area contributed by atoms with Crippen molar-refractivity contribution in [3.05, 3.63) is 58.1 Å². The van der Waals surface area contributed by atoms with Gasteiger partial charge in [0.1, 0.15) is 5.75 Å². The van der Waals surface area contributed by atoms with E-state index in [0.717, 1.165) is 38.5 Å². The number of hydrogen-bond donors (Lipinski definition) is 1. The number of ether oxygens (including phenoxy) is 1. The lowest BCUT2D eigenvalue weighted by molar-refractivity contribution is 0.0948. The van der Waals surface area contributed by atoms with Gasteiger partial charge in [0.25, 0.3) is 5.91 Å². The molecule has 2 aromatic carbocycles. The van der Waals surface area contributed by atoms with Crippen LogP contribution >= 0.6 is 23.2 Å². The summed E-state index contributed by atoms with van der Waals surface area (Å²) < 4.78 is 5.21. The van der Waals surface area contributed by atoms with Crippen molar-refractivity contribution in [2.24, 2.45) is 0 Å². The van der Waals surface area contributed by atoms with Gasteiger partial charge < -0.3 is 15.0 Å². The van der Waals surface area contributed by atoms with Crippen LogP contribution < -0.4 is 15.0 Å². The quantitative estimate of drug-likeness (QED) is 0.794. The molecular formula is C20H23Cl2N3O2. The van der Waals surface area contributed by atoms with Gasteiger partial charge in [-0.1, -0.05) is 23.2 Å². The Morgan fingerprint density at radius 3 is 2.37 bits per heavy atom. The zero-order chi connectivity index (χ0) is 19.2. The average molecular weight is 408 g/mol. The summed E-state index contributed by atoms with van der Waals surface area (Å²) in [6.45, 7) is 5.29. The largest absolute Gasteiger partial charge is 0.497 e. The first-order valence-electron chi connectivity index (χ1n) is 8.91. The van der Waals surface area contributed by atoms with Gasteiger partial charge >= 0.3 is 0 Å². The van der Waals surface area contributed by atoms with Gasteiger partial charge in [-0.05, 0) is 42.5 Å². The van der Waals surface area contributed by atoms with E-state index in [1.807, 2.05) is 12.1 Å². The molecule has 2 aromatic rings. The van der Waals surface area contributed by atoms with E-state index in [2.05, 4.69) is 27.2 Å². The molecule has 0 aromatic heterocycles. The zero-order valence-corrected chi connectivity index (χ0v) is 16.8. The smallest absolute Gasteiger partial charge is 0.251 e. The predicted octanol–water partition coefficient (Wildman–Crippen LogP) is 3.55. The molecule has 1 saturated heterocycles. The molecule has 144 valence electrons. The van der Waals surface area contributed by atoms with E-state index < -0.39 is 0 Å². The van der Waals surface area contributed by atoms with Crippen LogP contribution in [0.4, 0.5) is 5.69 Å². The SMILES string of the molecule is COc1ccc(N2CCN(CCNC(=O)c3ccc(Cl)c(Cl)c3)CC2)cc1. The molecule has 1 fully saturated rings. The summed E-state index contributed by atoms with van der Waals surface area (Å²) in [6.07, 6.45) is 0. The fourth-order valence-electron chi connectivity index (χ4n) is 3.09. The summed E-state index contributed by atoms with van der Waals surface area (Å²) >= 11 is 11.8. The first-order valence-corrected chi connectivity index (χ1v) is 9.67. The molecule has 7 heteroatoms. The molecule has 0 unspecified atom stereocenters. The summed E-state index contributed by atoms with van der Waals surface area (Å²) in [4.78, 5) is 16.9. The number of halogens is 2. The van der Waals surface area contributed by atoms with Crippen molar-refractivity contribution < 1.29 is 9.53 Å². The third kappa shape index (κ3) is 5.28. The number of anilines is 1. The Balaban J connectivity index is 1.41. The minimum Gasteiger partial charge on any atom is -0.497 e. The first-order chi connectivity index (χ1) is 13.1. The fraction of sp³-hybridized carbons (Fsp3) is 0.350. The van der Waals surface area contributed by atoms with Crippen molar-refractivity contribution >= 4 is 34.8 Å². The Morgan fingerprint density at radius 1 is 1.04 bits per heavy atom. The molecule has 1 aliphatic rings. The predicted molar refractivity (Wildman–Crippen MR) is 110 cm³/mol. The second-order valence-electron chi connectivity index (χ2n) is 6.41. The van der Waals surface area contributed by atoms with Crippen LogP contribution in [0, 0.1) is 0 Å². The number of rotatable bonds is 6. The van der Waals surface area contributed by atoms with Crippen LogP contribution in [0.5, 0.6) is 5.75 Å². The third-order valence-corrected chi connectivity index (χ3v) is 5.44. The molecule has 0 spiro atoms. The van der Waals surface area contributed by atoms with Gasteiger partial charge in [0.2, 0.25) is 0 Å². The topological polar surface area (TPSA) is 44.8 Å². The minimum absolute atomic E-state index is 0.134. The van der Waals surface area contributed by atoms with E-state index in [0.29, 0.717) is 22.2 Å². The Kier molecular flexibility index (Phi) is 6.83. The van der Waals surface area contributed by atoms with Gasteiger partial charge in [0.05, 0.1) is 17.2 Å². The number of nitrogens with zero attached hydrogens (tertiary/aromatic N) is 2. The summed E-state index contributed by atoms with van der Waals surface area (Å²) in [5.41, 5.74) is 1.73. The molecule has 1 N–H and O–H groups in total. The fourth-order valence-corrected chi connectivity index (χ4v) is 3.39. The number of benzene rings is 2. The van der Waals surface area contributed by atoms with E-state index >= 15 is 0 Å². The second kappa shape index (κ2) is 9.31. The molecule has 3 rings (SSSR count). The maximum absolute atomic E-state index is 12.2. The molecule has 0 saturated carbocycles. The maximum atomic E-state index is 12.2. The highest BCUT2D eigenvalue weighted by molar-refractivity contribution is 6.42. The zero-order valence-electron chi connectivity index (χ0n) is 15.3. The highest BCUT2D eigenvalue weighted by Gasteiger charge is 2.17. The van der Waals surface area contributed by atoms with E-state index in [1.54, 1.807) is 25.3 Å². The number of carbonyl (C=O) groups excluding carboxylic acids is 1. The van der Waals surface area contributed by atoms with Crippen molar-refractivity contribution in [3.8, 4) is 5.75 Å². The number of piperazine rings is 1. The maximum Gasteiger partial charge on any atom is 0.251 e. The summed E-state index contributed by atoms with van der Waals surface area (Å²) in [7, 11) is 1.67. The van der Waals surface area contributed by atoms with E-state index in [1.165, 1.54) is 5.69 Å². The molecule has 1 aliphatic heterocycles. The molecule has 0 radical (unpaired) electrons. The molecular weight excluding hydrogens is 385 g/mol. The standard InChI is InChI=1S/C20H23Cl2N3O2/c1-27-17-5-3-16(4-6-17)25-12-10-24(11-13-25)9-8-23-20(26)15-2-7-18(21)19(22)14-15/h2-7,14H,8-13H2,1H3,(H,23,26). The van der Waals surface area contributed by atoms with Gasteiger partial charge in [0.15, 0.2) is 0 Å². The van der Waals surface area contributed by atoms with Gasteiger partial charge in [-0.3, -0.25) is 9.69 Å². The molecule has 0 atom stereocenters. The van der Waals surface area contributed by atoms with Crippen molar-refractivity contribution in [3.63, 3.8) is 0 Å². The summed E-state index contributed by atoms with van der Waals surface area (Å²) in [5, 5.41) is 3.77. The minimum atomic E-state index is -0.134. The van der Waals surface area contributed by atoms with Crippen molar-refractivity contribution in [2.75, 3.05) is 51.3 Å². The van der Waals surface area contributed by atoms with Crippen LogP contribution in [0.2, 0.25) is 10.0 Å². The highest BCUT2D eigenvalue weighted by atomic mass is 35.5. The van der Waals surface area contributed by atoms with E-state index in [-0.39, 0.29) is 5.91 Å². The lowest BCUT2D eigenvalue weighted by atomic mass is 10.2. The van der Waals surface area contributed by atoms with Crippen LogP contribution in [0.3, 0.4) is 0 Å². The molecule has 0 bridgehead atoms. The van der Waals surface area contributed by atoms with E-state index in [4.69, 9.17) is 27.9 Å². The van der Waals surface area contributed by atoms with Crippen molar-refractivity contribution in [1.82, 2.24) is 10.2 Å². The third-order valence-electron chi connectivity index (χ3n) is 4.71. The Bertz CT molecular complexity index is 775. The highest BCUT2D eigenvalue weighted by Crippen LogP contribution is 2.22. The second-order valence-corrected chi connectivity index (χ2v) is 7.23. The van der Waals surface area contributed by atoms with Gasteiger partial charge in [0, 0.05) is 50.5 Å².